The van der Waals surface area contributed by atoms with Gasteiger partial charge in [0, 0.05) is 13.7 Å². The van der Waals surface area contributed by atoms with Crippen LogP contribution in [0.3, 0.4) is 0 Å². The van der Waals surface area contributed by atoms with Crippen LogP contribution in [0.25, 0.3) is 0 Å². The molecule has 0 radical (unpaired) electrons. The number of hydrogen-bond acceptors (Lipinski definition) is 5. The van der Waals surface area contributed by atoms with Gasteiger partial charge in [-0.1, -0.05) is 0 Å². The lowest BCUT2D eigenvalue weighted by molar-refractivity contribution is 0.0679. The monoisotopic (exact) mass is 249 g/mol. The van der Waals surface area contributed by atoms with Gasteiger partial charge in [0.15, 0.2) is 5.03 Å². The minimum Gasteiger partial charge on any atom is -0.389 e. The second-order valence-electron chi connectivity index (χ2n) is 3.29. The molecule has 0 saturated heterocycles. The second-order valence-corrected chi connectivity index (χ2v) is 5.03. The molecule has 7 nitrogen and oxygen atoms in total. The molecule has 16 heavy (non-hydrogen) atoms. The fourth-order valence-electron chi connectivity index (χ4n) is 1.07. The van der Waals surface area contributed by atoms with Crippen molar-refractivity contribution in [3.05, 3.63) is 12.0 Å². The Bertz CT molecular complexity index is 428. The number of rotatable bonds is 6. The van der Waals surface area contributed by atoms with Crippen molar-refractivity contribution in [3.8, 4) is 0 Å². The Morgan fingerprint density at radius 2 is 2.38 bits per heavy atom. The Kier molecular flexibility index (Phi) is 4.42. The van der Waals surface area contributed by atoms with Gasteiger partial charge in [0.25, 0.3) is 10.0 Å². The summed E-state index contributed by atoms with van der Waals surface area (Å²) in [5.74, 6) is 0.512. The number of methoxy groups -OCH3 is 1. The van der Waals surface area contributed by atoms with E-state index < -0.39 is 16.1 Å². The maximum Gasteiger partial charge on any atom is 0.257 e. The normalized spacial score (nSPS) is 13.9. The van der Waals surface area contributed by atoms with Gasteiger partial charge in [-0.15, -0.1) is 0 Å². The molecular formula is C8H15N3O4S. The number of ether oxygens (including phenoxy) is 1. The molecule has 0 amide bonds. The first kappa shape index (κ1) is 13.1. The number of H-pyrrole nitrogens is 1. The van der Waals surface area contributed by atoms with E-state index in [1.807, 2.05) is 0 Å². The van der Waals surface area contributed by atoms with E-state index in [2.05, 4.69) is 19.4 Å². The average Bonchev–Trinajstić information content (AvgIpc) is 2.63. The summed E-state index contributed by atoms with van der Waals surface area (Å²) in [4.78, 5) is 6.38. The van der Waals surface area contributed by atoms with E-state index in [-0.39, 0.29) is 18.2 Å². The Hall–Kier alpha value is -0.960. The molecule has 0 spiro atoms. The van der Waals surface area contributed by atoms with Crippen molar-refractivity contribution < 1.29 is 18.3 Å². The number of aromatic nitrogens is 2. The zero-order valence-electron chi connectivity index (χ0n) is 9.10. The number of nitrogens with zero attached hydrogens (tertiary/aromatic N) is 1. The number of aliphatic hydroxyl groups is 1. The maximum atomic E-state index is 11.6. The van der Waals surface area contributed by atoms with E-state index >= 15 is 0 Å². The molecule has 1 unspecified atom stereocenters. The Balaban J connectivity index is 2.59. The first-order valence-corrected chi connectivity index (χ1v) is 6.12. The van der Waals surface area contributed by atoms with Crippen molar-refractivity contribution in [1.82, 2.24) is 14.7 Å². The molecule has 1 aromatic heterocycles. The van der Waals surface area contributed by atoms with Gasteiger partial charge in [0.05, 0.1) is 18.9 Å². The molecule has 0 bridgehead atoms. The smallest absolute Gasteiger partial charge is 0.257 e. The fourth-order valence-corrected chi connectivity index (χ4v) is 2.11. The third kappa shape index (κ3) is 3.56. The van der Waals surface area contributed by atoms with E-state index in [1.54, 1.807) is 6.92 Å². The zero-order valence-corrected chi connectivity index (χ0v) is 9.91. The van der Waals surface area contributed by atoms with Crippen LogP contribution < -0.4 is 4.72 Å². The molecule has 8 heteroatoms. The van der Waals surface area contributed by atoms with Gasteiger partial charge in [-0.05, 0) is 6.92 Å². The van der Waals surface area contributed by atoms with Crippen LogP contribution in [0.15, 0.2) is 11.2 Å². The summed E-state index contributed by atoms with van der Waals surface area (Å²) in [5.41, 5.74) is 0. The Morgan fingerprint density at radius 3 is 2.88 bits per heavy atom. The van der Waals surface area contributed by atoms with Crippen molar-refractivity contribution >= 4 is 10.0 Å². The number of nitrogens with one attached hydrogen (secondary N) is 2. The summed E-state index contributed by atoms with van der Waals surface area (Å²) in [6, 6.07) is 0. The molecule has 1 rings (SSSR count). The molecule has 1 atom stereocenters. The van der Waals surface area contributed by atoms with Crippen molar-refractivity contribution in [2.24, 2.45) is 0 Å². The highest BCUT2D eigenvalue weighted by Gasteiger charge is 2.17. The van der Waals surface area contributed by atoms with Crippen LogP contribution in [0.2, 0.25) is 0 Å². The minimum atomic E-state index is -3.64. The van der Waals surface area contributed by atoms with Gasteiger partial charge in [-0.2, -0.15) is 0 Å². The van der Waals surface area contributed by atoms with Gasteiger partial charge < -0.3 is 14.8 Å². The number of aliphatic hydroxyl groups excluding tert-OH is 1. The molecule has 92 valence electrons. The Labute approximate surface area is 93.9 Å². The summed E-state index contributed by atoms with van der Waals surface area (Å²) >= 11 is 0. The summed E-state index contributed by atoms with van der Waals surface area (Å²) < 4.78 is 30.2. The first-order valence-electron chi connectivity index (χ1n) is 4.64. The highest BCUT2D eigenvalue weighted by Crippen LogP contribution is 2.04. The molecule has 0 aliphatic rings. The largest absolute Gasteiger partial charge is 0.389 e. The summed E-state index contributed by atoms with van der Waals surface area (Å²) in [7, 11) is -2.21. The standard InChI is InChI=1S/C8H15N3O4S/c1-6-9-4-8(11-6)16(13,14)10-3-7(12)5-15-2/h4,7,10,12H,3,5H2,1-2H3,(H,9,11). The molecule has 1 aromatic rings. The van der Waals surface area contributed by atoms with Crippen LogP contribution in [0.4, 0.5) is 0 Å². The number of hydrogen-bond donors (Lipinski definition) is 3. The summed E-state index contributed by atoms with van der Waals surface area (Å²) in [6.07, 6.45) is 0.351. The van der Waals surface area contributed by atoms with Crippen LogP contribution in [-0.2, 0) is 14.8 Å². The molecular weight excluding hydrogens is 234 g/mol. The van der Waals surface area contributed by atoms with Crippen LogP contribution in [0, 0.1) is 6.92 Å². The van der Waals surface area contributed by atoms with Crippen LogP contribution in [0.1, 0.15) is 5.82 Å². The average molecular weight is 249 g/mol. The second kappa shape index (κ2) is 5.39. The predicted octanol–water partition coefficient (Wildman–Crippen LogP) is -0.996. The fraction of sp³-hybridized carbons (Fsp3) is 0.625. The number of aromatic amines is 1. The van der Waals surface area contributed by atoms with Crippen LogP contribution in [0.5, 0.6) is 0 Å². The SMILES string of the molecule is COCC(O)CNS(=O)(=O)c1cnc(C)[nH]1. The van der Waals surface area contributed by atoms with Crippen molar-refractivity contribution in [2.75, 3.05) is 20.3 Å². The molecule has 1 heterocycles. The van der Waals surface area contributed by atoms with E-state index in [0.717, 1.165) is 0 Å². The molecule has 0 aliphatic heterocycles. The lowest BCUT2D eigenvalue weighted by Crippen LogP contribution is -2.34. The van der Waals surface area contributed by atoms with Gasteiger partial charge in [0.1, 0.15) is 5.82 Å². The quantitative estimate of drug-likeness (QED) is 0.600. The molecule has 3 N–H and O–H groups in total. The van der Waals surface area contributed by atoms with E-state index in [4.69, 9.17) is 0 Å². The van der Waals surface area contributed by atoms with Crippen LogP contribution in [-0.4, -0.2) is 49.9 Å². The lowest BCUT2D eigenvalue weighted by Gasteiger charge is -2.10. The van der Waals surface area contributed by atoms with E-state index in [0.29, 0.717) is 5.82 Å². The van der Waals surface area contributed by atoms with Crippen molar-refractivity contribution in [3.63, 3.8) is 0 Å². The van der Waals surface area contributed by atoms with Crippen molar-refractivity contribution in [1.29, 1.82) is 0 Å². The van der Waals surface area contributed by atoms with E-state index in [9.17, 15) is 13.5 Å². The summed E-state index contributed by atoms with van der Waals surface area (Å²) in [6.45, 7) is 1.62. The summed E-state index contributed by atoms with van der Waals surface area (Å²) in [5, 5.41) is 9.27. The van der Waals surface area contributed by atoms with Crippen molar-refractivity contribution in [2.45, 2.75) is 18.1 Å². The lowest BCUT2D eigenvalue weighted by atomic mass is 10.4. The topological polar surface area (TPSA) is 104 Å². The Morgan fingerprint density at radius 1 is 1.69 bits per heavy atom. The number of sulfonamides is 1. The molecule has 0 aromatic carbocycles. The van der Waals surface area contributed by atoms with Gasteiger partial charge in [-0.25, -0.2) is 18.1 Å². The van der Waals surface area contributed by atoms with Crippen LogP contribution >= 0.6 is 0 Å². The third-order valence-electron chi connectivity index (χ3n) is 1.84. The number of imidazole rings is 1. The molecule has 0 fully saturated rings. The first-order chi connectivity index (χ1) is 7.45. The molecule has 0 aliphatic carbocycles. The van der Waals surface area contributed by atoms with Gasteiger partial charge >= 0.3 is 0 Å². The highest BCUT2D eigenvalue weighted by atomic mass is 32.2. The minimum absolute atomic E-state index is 0.0189. The number of aryl methyl sites for hydroxylation is 1. The predicted molar refractivity (Wildman–Crippen MR) is 56.4 cm³/mol. The zero-order chi connectivity index (χ0) is 12.2. The maximum absolute atomic E-state index is 11.6. The third-order valence-corrected chi connectivity index (χ3v) is 3.17. The van der Waals surface area contributed by atoms with Gasteiger partial charge in [-0.3, -0.25) is 0 Å². The van der Waals surface area contributed by atoms with Gasteiger partial charge in [0.2, 0.25) is 0 Å². The molecule has 0 saturated carbocycles. The highest BCUT2D eigenvalue weighted by molar-refractivity contribution is 7.89. The van der Waals surface area contributed by atoms with E-state index in [1.165, 1.54) is 13.3 Å².